The van der Waals surface area contributed by atoms with Crippen LogP contribution in [0, 0.1) is 0 Å². The normalized spacial score (nSPS) is 10.8. The summed E-state index contributed by atoms with van der Waals surface area (Å²) < 4.78 is 10.1. The number of aromatic amines is 1. The number of carbonyl (C=O) groups excluding carboxylic acids is 1. The molecule has 112 valence electrons. The summed E-state index contributed by atoms with van der Waals surface area (Å²) in [5.74, 6) is -0.613. The maximum atomic E-state index is 11.9. The molecule has 0 saturated heterocycles. The van der Waals surface area contributed by atoms with Gasteiger partial charge in [0, 0.05) is 29.3 Å². The summed E-state index contributed by atoms with van der Waals surface area (Å²) in [6.07, 6.45) is 1.47. The number of esters is 1. The van der Waals surface area contributed by atoms with E-state index in [1.807, 2.05) is 0 Å². The van der Waals surface area contributed by atoms with Crippen LogP contribution >= 0.6 is 11.6 Å². The van der Waals surface area contributed by atoms with Gasteiger partial charge in [-0.25, -0.2) is 9.59 Å². The Bertz CT molecular complexity index is 912. The molecule has 3 rings (SSSR count). The number of fused-ring (bicyclic) bond motifs is 1. The van der Waals surface area contributed by atoms with Gasteiger partial charge in [-0.3, -0.25) is 0 Å². The maximum Gasteiger partial charge on any atom is 0.355 e. The Labute approximate surface area is 128 Å². The highest BCUT2D eigenvalue weighted by Gasteiger charge is 2.12. The van der Waals surface area contributed by atoms with Gasteiger partial charge in [0.2, 0.25) is 0 Å². The summed E-state index contributed by atoms with van der Waals surface area (Å²) in [7, 11) is 0. The maximum absolute atomic E-state index is 11.9. The summed E-state index contributed by atoms with van der Waals surface area (Å²) in [4.78, 5) is 26.1. The number of nitrogens with one attached hydrogen (secondary N) is 1. The van der Waals surface area contributed by atoms with Crippen molar-refractivity contribution in [2.45, 2.75) is 6.61 Å². The van der Waals surface area contributed by atoms with Crippen molar-refractivity contribution in [2.75, 3.05) is 0 Å². The van der Waals surface area contributed by atoms with Gasteiger partial charge in [-0.1, -0.05) is 11.6 Å². The first-order chi connectivity index (χ1) is 10.5. The fourth-order valence-electron chi connectivity index (χ4n) is 2.04. The lowest BCUT2D eigenvalue weighted by atomic mass is 10.1. The van der Waals surface area contributed by atoms with Crippen LogP contribution in [-0.2, 0) is 11.3 Å². The molecule has 0 bridgehead atoms. The third-order valence-corrected chi connectivity index (χ3v) is 3.26. The fourth-order valence-corrected chi connectivity index (χ4v) is 2.21. The van der Waals surface area contributed by atoms with Crippen molar-refractivity contribution >= 4 is 28.5 Å². The quantitative estimate of drug-likeness (QED) is 0.572. The third kappa shape index (κ3) is 2.82. The number of phenolic OH excluding ortho intramolecular Hbond substituents is 1. The number of rotatable bonds is 3. The topological polar surface area (TPSA) is 92.5 Å². The van der Waals surface area contributed by atoms with Gasteiger partial charge in [-0.2, -0.15) is 0 Å². The van der Waals surface area contributed by atoms with Crippen LogP contribution in [0.2, 0.25) is 5.02 Å². The summed E-state index contributed by atoms with van der Waals surface area (Å²) in [6.45, 7) is -0.109. The molecule has 0 saturated carbocycles. The smallest absolute Gasteiger partial charge is 0.355 e. The zero-order valence-electron chi connectivity index (χ0n) is 11.1. The first-order valence-electron chi connectivity index (χ1n) is 6.30. The average Bonchev–Trinajstić information content (AvgIpc) is 2.90. The molecule has 2 aromatic heterocycles. The molecule has 1 aromatic carbocycles. The highest BCUT2D eigenvalue weighted by molar-refractivity contribution is 6.30. The first-order valence-corrected chi connectivity index (χ1v) is 6.67. The number of aromatic hydroxyl groups is 1. The molecule has 0 amide bonds. The van der Waals surface area contributed by atoms with E-state index in [0.717, 1.165) is 0 Å². The Morgan fingerprint density at radius 2 is 2.14 bits per heavy atom. The zero-order valence-corrected chi connectivity index (χ0v) is 11.9. The van der Waals surface area contributed by atoms with Crippen LogP contribution in [0.3, 0.4) is 0 Å². The summed E-state index contributed by atoms with van der Waals surface area (Å²) in [5, 5.41) is 10.4. The van der Waals surface area contributed by atoms with Crippen molar-refractivity contribution in [3.05, 3.63) is 63.2 Å². The van der Waals surface area contributed by atoms with Crippen molar-refractivity contribution in [3.8, 4) is 5.75 Å². The van der Waals surface area contributed by atoms with Crippen molar-refractivity contribution in [1.29, 1.82) is 0 Å². The van der Waals surface area contributed by atoms with Gasteiger partial charge < -0.3 is 19.2 Å². The number of H-pyrrole nitrogens is 1. The minimum absolute atomic E-state index is 0.0224. The summed E-state index contributed by atoms with van der Waals surface area (Å²) in [6, 6.07) is 7.06. The van der Waals surface area contributed by atoms with E-state index in [-0.39, 0.29) is 23.6 Å². The Morgan fingerprint density at radius 1 is 1.32 bits per heavy atom. The van der Waals surface area contributed by atoms with Gasteiger partial charge in [0.25, 0.3) is 0 Å². The van der Waals surface area contributed by atoms with Gasteiger partial charge in [-0.15, -0.1) is 0 Å². The number of phenols is 1. The number of hydrogen-bond acceptors (Lipinski definition) is 5. The first kappa shape index (κ1) is 14.2. The summed E-state index contributed by atoms with van der Waals surface area (Å²) >= 11 is 5.72. The van der Waals surface area contributed by atoms with Gasteiger partial charge in [0.05, 0.1) is 5.02 Å². The molecule has 0 unspecified atom stereocenters. The van der Waals surface area contributed by atoms with Crippen LogP contribution in [0.5, 0.6) is 5.75 Å². The second-order valence-corrected chi connectivity index (χ2v) is 5.02. The van der Waals surface area contributed by atoms with Crippen LogP contribution in [0.4, 0.5) is 0 Å². The van der Waals surface area contributed by atoms with Gasteiger partial charge in [0.15, 0.2) is 0 Å². The van der Waals surface area contributed by atoms with E-state index in [0.29, 0.717) is 16.0 Å². The molecule has 0 fully saturated rings. The molecular formula is C15H10ClNO5. The molecule has 0 aliphatic rings. The van der Waals surface area contributed by atoms with E-state index in [2.05, 4.69) is 4.98 Å². The molecule has 0 aliphatic heterocycles. The van der Waals surface area contributed by atoms with E-state index in [1.165, 1.54) is 30.5 Å². The Balaban J connectivity index is 1.87. The second kappa shape index (κ2) is 5.57. The Hall–Kier alpha value is -2.73. The highest BCUT2D eigenvalue weighted by Crippen LogP contribution is 2.22. The Morgan fingerprint density at radius 3 is 2.86 bits per heavy atom. The molecule has 0 aliphatic carbocycles. The minimum Gasteiger partial charge on any atom is -0.508 e. The lowest BCUT2D eigenvalue weighted by molar-refractivity contribution is 0.0467. The molecule has 0 radical (unpaired) electrons. The van der Waals surface area contributed by atoms with Crippen LogP contribution in [0.15, 0.2) is 45.7 Å². The SMILES string of the molecule is O=C(OCc1cc(=O)oc2cc(O)ccc12)c1cc(Cl)c[nH]1. The van der Waals surface area contributed by atoms with Crippen LogP contribution in [-0.4, -0.2) is 16.1 Å². The van der Waals surface area contributed by atoms with E-state index >= 15 is 0 Å². The lowest BCUT2D eigenvalue weighted by Crippen LogP contribution is -2.08. The number of ether oxygens (including phenoxy) is 1. The van der Waals surface area contributed by atoms with Gasteiger partial charge >= 0.3 is 11.6 Å². The molecule has 2 N–H and O–H groups in total. The van der Waals surface area contributed by atoms with Crippen molar-refractivity contribution < 1.29 is 19.1 Å². The van der Waals surface area contributed by atoms with E-state index < -0.39 is 11.6 Å². The van der Waals surface area contributed by atoms with Gasteiger partial charge in [0.1, 0.15) is 23.6 Å². The predicted octanol–water partition coefficient (Wildman–Crippen LogP) is 2.84. The number of benzene rings is 1. The molecule has 3 aromatic rings. The molecule has 6 nitrogen and oxygen atoms in total. The molecule has 0 atom stereocenters. The van der Waals surface area contributed by atoms with Crippen LogP contribution < -0.4 is 5.63 Å². The predicted molar refractivity (Wildman–Crippen MR) is 79.1 cm³/mol. The van der Waals surface area contributed by atoms with E-state index in [9.17, 15) is 14.7 Å². The van der Waals surface area contributed by atoms with Crippen LogP contribution in [0.1, 0.15) is 16.1 Å². The van der Waals surface area contributed by atoms with E-state index in [4.69, 9.17) is 20.8 Å². The van der Waals surface area contributed by atoms with Crippen molar-refractivity contribution in [3.63, 3.8) is 0 Å². The summed E-state index contributed by atoms with van der Waals surface area (Å²) in [5.41, 5.74) is 0.334. The third-order valence-electron chi connectivity index (χ3n) is 3.04. The molecule has 2 heterocycles. The molecular weight excluding hydrogens is 310 g/mol. The standard InChI is InChI=1S/C15H10ClNO5/c16-9-4-12(17-6-9)15(20)21-7-8-3-14(19)22-13-5-10(18)1-2-11(8)13/h1-6,17-18H,7H2. The second-order valence-electron chi connectivity index (χ2n) is 4.58. The number of carbonyl (C=O) groups is 1. The Kier molecular flexibility index (Phi) is 3.60. The minimum atomic E-state index is -0.591. The van der Waals surface area contributed by atoms with Crippen molar-refractivity contribution in [2.24, 2.45) is 0 Å². The molecule has 22 heavy (non-hydrogen) atoms. The highest BCUT2D eigenvalue weighted by atomic mass is 35.5. The fraction of sp³-hybridized carbons (Fsp3) is 0.0667. The molecule has 7 heteroatoms. The number of halogens is 1. The van der Waals surface area contributed by atoms with Gasteiger partial charge in [-0.05, 0) is 18.2 Å². The monoisotopic (exact) mass is 319 g/mol. The van der Waals surface area contributed by atoms with E-state index in [1.54, 1.807) is 6.07 Å². The number of aromatic nitrogens is 1. The average molecular weight is 320 g/mol. The number of hydrogen-bond donors (Lipinski definition) is 2. The lowest BCUT2D eigenvalue weighted by Gasteiger charge is -2.06. The largest absolute Gasteiger partial charge is 0.508 e. The zero-order chi connectivity index (χ0) is 15.7. The van der Waals surface area contributed by atoms with Crippen molar-refractivity contribution in [1.82, 2.24) is 4.98 Å². The molecule has 0 spiro atoms. The van der Waals surface area contributed by atoms with Crippen LogP contribution in [0.25, 0.3) is 11.0 Å².